The lowest BCUT2D eigenvalue weighted by atomic mass is 9.98. The molecule has 0 radical (unpaired) electrons. The Morgan fingerprint density at radius 3 is 2.42 bits per heavy atom. The predicted octanol–water partition coefficient (Wildman–Crippen LogP) is 4.21. The molecule has 1 atom stereocenters. The molecule has 4 rings (SSSR count). The number of carbonyl (C=O) groups is 2. The fourth-order valence-corrected chi connectivity index (χ4v) is 4.34. The van der Waals surface area contributed by atoms with Crippen LogP contribution in [0.25, 0.3) is 0 Å². The Morgan fingerprint density at radius 1 is 1.03 bits per heavy atom. The van der Waals surface area contributed by atoms with Crippen molar-refractivity contribution in [1.29, 1.82) is 0 Å². The molecule has 6 heteroatoms. The number of nitrogens with zero attached hydrogens (tertiary/aromatic N) is 2. The Kier molecular flexibility index (Phi) is 6.65. The quantitative estimate of drug-likeness (QED) is 0.731. The summed E-state index contributed by atoms with van der Waals surface area (Å²) in [5, 5.41) is 9.30. The topological polar surface area (TPSA) is 71.0 Å². The zero-order chi connectivity index (χ0) is 21.6. The maximum Gasteiger partial charge on any atom is 0.243 e. The SMILES string of the molecule is COc1ccc([C@@H]2CC(c3ccccc3)=NN2C(=O)CCC(=O)NC2CCCC2)cc1. The molecule has 2 amide bonds. The van der Waals surface area contributed by atoms with E-state index in [4.69, 9.17) is 4.74 Å². The van der Waals surface area contributed by atoms with Gasteiger partial charge in [0.15, 0.2) is 0 Å². The van der Waals surface area contributed by atoms with Crippen LogP contribution in [-0.4, -0.2) is 35.7 Å². The standard InChI is InChI=1S/C25H29N3O3/c1-31-21-13-11-19(12-14-21)23-17-22(18-7-3-2-4-8-18)27-28(23)25(30)16-15-24(29)26-20-9-5-6-10-20/h2-4,7-8,11-14,20,23H,5-6,9-10,15-17H2,1H3,(H,26,29)/t23-/m0/s1. The Balaban J connectivity index is 1.47. The van der Waals surface area contributed by atoms with Gasteiger partial charge in [0.05, 0.1) is 18.9 Å². The number of hydrazone groups is 1. The lowest BCUT2D eigenvalue weighted by Gasteiger charge is -2.22. The molecular weight excluding hydrogens is 390 g/mol. The smallest absolute Gasteiger partial charge is 0.243 e. The largest absolute Gasteiger partial charge is 0.497 e. The maximum atomic E-state index is 13.1. The van der Waals surface area contributed by atoms with E-state index in [2.05, 4.69) is 10.4 Å². The van der Waals surface area contributed by atoms with Gasteiger partial charge in [0.1, 0.15) is 5.75 Å². The fourth-order valence-electron chi connectivity index (χ4n) is 4.34. The number of ether oxygens (including phenoxy) is 1. The van der Waals surface area contributed by atoms with Gasteiger partial charge in [0.25, 0.3) is 0 Å². The summed E-state index contributed by atoms with van der Waals surface area (Å²) in [6.07, 6.45) is 5.38. The van der Waals surface area contributed by atoms with E-state index in [-0.39, 0.29) is 36.7 Å². The third-order valence-corrected chi connectivity index (χ3v) is 6.06. The van der Waals surface area contributed by atoms with Crippen LogP contribution in [0.4, 0.5) is 0 Å². The molecule has 1 aliphatic carbocycles. The monoisotopic (exact) mass is 419 g/mol. The number of amides is 2. The second-order valence-electron chi connectivity index (χ2n) is 8.19. The van der Waals surface area contributed by atoms with Gasteiger partial charge in [-0.2, -0.15) is 5.10 Å². The summed E-state index contributed by atoms with van der Waals surface area (Å²) in [5.74, 6) is 0.591. The molecule has 0 saturated heterocycles. The van der Waals surface area contributed by atoms with Crippen molar-refractivity contribution >= 4 is 17.5 Å². The van der Waals surface area contributed by atoms with E-state index in [1.807, 2.05) is 54.6 Å². The van der Waals surface area contributed by atoms with Crippen LogP contribution >= 0.6 is 0 Å². The number of hydrogen-bond acceptors (Lipinski definition) is 4. The molecule has 31 heavy (non-hydrogen) atoms. The van der Waals surface area contributed by atoms with Gasteiger partial charge < -0.3 is 10.1 Å². The normalized spacial score (nSPS) is 18.7. The number of nitrogens with one attached hydrogen (secondary N) is 1. The first kappa shape index (κ1) is 21.1. The van der Waals surface area contributed by atoms with E-state index in [0.29, 0.717) is 6.42 Å². The molecule has 162 valence electrons. The predicted molar refractivity (Wildman–Crippen MR) is 120 cm³/mol. The number of hydrogen-bond donors (Lipinski definition) is 1. The van der Waals surface area contributed by atoms with Crippen LogP contribution in [0.1, 0.15) is 62.1 Å². The molecule has 1 heterocycles. The summed E-state index contributed by atoms with van der Waals surface area (Å²) in [6, 6.07) is 17.7. The van der Waals surface area contributed by atoms with E-state index in [0.717, 1.165) is 48.3 Å². The highest BCUT2D eigenvalue weighted by Gasteiger charge is 2.33. The highest BCUT2D eigenvalue weighted by atomic mass is 16.5. The number of methoxy groups -OCH3 is 1. The van der Waals surface area contributed by atoms with Crippen LogP contribution in [0.5, 0.6) is 5.75 Å². The molecule has 2 aromatic rings. The first-order chi connectivity index (χ1) is 15.1. The zero-order valence-corrected chi connectivity index (χ0v) is 17.9. The number of carbonyl (C=O) groups excluding carboxylic acids is 2. The van der Waals surface area contributed by atoms with Crippen molar-refractivity contribution < 1.29 is 14.3 Å². The molecule has 1 fully saturated rings. The van der Waals surface area contributed by atoms with Crippen LogP contribution in [-0.2, 0) is 9.59 Å². The highest BCUT2D eigenvalue weighted by Crippen LogP contribution is 2.34. The van der Waals surface area contributed by atoms with E-state index < -0.39 is 0 Å². The summed E-state index contributed by atoms with van der Waals surface area (Å²) in [4.78, 5) is 25.4. The van der Waals surface area contributed by atoms with Crippen LogP contribution < -0.4 is 10.1 Å². The van der Waals surface area contributed by atoms with Gasteiger partial charge in [0, 0.05) is 25.3 Å². The second-order valence-corrected chi connectivity index (χ2v) is 8.19. The van der Waals surface area contributed by atoms with Gasteiger partial charge in [-0.3, -0.25) is 9.59 Å². The Morgan fingerprint density at radius 2 is 1.74 bits per heavy atom. The first-order valence-electron chi connectivity index (χ1n) is 11.0. The van der Waals surface area contributed by atoms with Gasteiger partial charge in [-0.05, 0) is 36.1 Å². The lowest BCUT2D eigenvalue weighted by molar-refractivity contribution is -0.135. The third kappa shape index (κ3) is 5.13. The Bertz CT molecular complexity index is 934. The zero-order valence-electron chi connectivity index (χ0n) is 17.9. The molecule has 0 bridgehead atoms. The summed E-state index contributed by atoms with van der Waals surface area (Å²) in [7, 11) is 1.63. The molecule has 1 saturated carbocycles. The van der Waals surface area contributed by atoms with Crippen molar-refractivity contribution in [3.8, 4) is 5.75 Å². The molecule has 0 aromatic heterocycles. The van der Waals surface area contributed by atoms with Crippen LogP contribution in [0.15, 0.2) is 59.7 Å². The van der Waals surface area contributed by atoms with Gasteiger partial charge in [0.2, 0.25) is 11.8 Å². The number of benzene rings is 2. The van der Waals surface area contributed by atoms with Gasteiger partial charge >= 0.3 is 0 Å². The summed E-state index contributed by atoms with van der Waals surface area (Å²) in [5.41, 5.74) is 2.89. The lowest BCUT2D eigenvalue weighted by Crippen LogP contribution is -2.34. The fraction of sp³-hybridized carbons (Fsp3) is 0.400. The van der Waals surface area contributed by atoms with Crippen molar-refractivity contribution in [3.05, 3.63) is 65.7 Å². The minimum atomic E-state index is -0.188. The molecule has 0 unspecified atom stereocenters. The van der Waals surface area contributed by atoms with Crippen LogP contribution in [0.2, 0.25) is 0 Å². The van der Waals surface area contributed by atoms with E-state index in [1.165, 1.54) is 0 Å². The molecule has 6 nitrogen and oxygen atoms in total. The van der Waals surface area contributed by atoms with E-state index >= 15 is 0 Å². The van der Waals surface area contributed by atoms with E-state index in [9.17, 15) is 9.59 Å². The maximum absolute atomic E-state index is 13.1. The van der Waals surface area contributed by atoms with Crippen LogP contribution in [0.3, 0.4) is 0 Å². The highest BCUT2D eigenvalue weighted by molar-refractivity contribution is 6.03. The summed E-state index contributed by atoms with van der Waals surface area (Å²) >= 11 is 0. The molecule has 2 aliphatic rings. The molecule has 2 aromatic carbocycles. The second kappa shape index (κ2) is 9.77. The summed E-state index contributed by atoms with van der Waals surface area (Å²) in [6.45, 7) is 0. The van der Waals surface area contributed by atoms with Crippen molar-refractivity contribution in [1.82, 2.24) is 10.3 Å². The Labute approximate surface area is 183 Å². The van der Waals surface area contributed by atoms with Crippen molar-refractivity contribution in [2.75, 3.05) is 7.11 Å². The van der Waals surface area contributed by atoms with Crippen molar-refractivity contribution in [3.63, 3.8) is 0 Å². The Hall–Kier alpha value is -3.15. The molecular formula is C25H29N3O3. The average Bonchev–Trinajstić information content (AvgIpc) is 3.48. The van der Waals surface area contributed by atoms with E-state index in [1.54, 1.807) is 12.1 Å². The van der Waals surface area contributed by atoms with Gasteiger partial charge in [-0.25, -0.2) is 5.01 Å². The van der Waals surface area contributed by atoms with Crippen molar-refractivity contribution in [2.24, 2.45) is 5.10 Å². The summed E-state index contributed by atoms with van der Waals surface area (Å²) < 4.78 is 5.26. The minimum Gasteiger partial charge on any atom is -0.497 e. The van der Waals surface area contributed by atoms with Crippen molar-refractivity contribution in [2.45, 2.75) is 57.0 Å². The average molecular weight is 420 g/mol. The first-order valence-corrected chi connectivity index (χ1v) is 11.0. The molecule has 0 spiro atoms. The van der Waals surface area contributed by atoms with Crippen LogP contribution in [0, 0.1) is 0 Å². The number of rotatable bonds is 7. The minimum absolute atomic E-state index is 0.0484. The van der Waals surface area contributed by atoms with Gasteiger partial charge in [-0.1, -0.05) is 55.3 Å². The van der Waals surface area contributed by atoms with Gasteiger partial charge in [-0.15, -0.1) is 0 Å². The molecule has 1 N–H and O–H groups in total. The third-order valence-electron chi connectivity index (χ3n) is 6.06. The molecule has 1 aliphatic heterocycles.